The average molecular weight is 282 g/mol. The van der Waals surface area contributed by atoms with E-state index in [-0.39, 0.29) is 5.75 Å². The molecule has 4 heteroatoms. The molecule has 2 aromatic carbocycles. The largest absolute Gasteiger partial charge is 0.504 e. The predicted octanol–water partition coefficient (Wildman–Crippen LogP) is 3.78. The molecule has 0 bridgehead atoms. The Bertz CT molecular complexity index is 662. The van der Waals surface area contributed by atoms with Crippen molar-refractivity contribution >= 4 is 5.69 Å². The number of rotatable bonds is 5. The smallest absolute Gasteiger partial charge is 0.161 e. The van der Waals surface area contributed by atoms with Gasteiger partial charge in [0.25, 0.3) is 0 Å². The summed E-state index contributed by atoms with van der Waals surface area (Å²) in [6, 6.07) is 14.5. The van der Waals surface area contributed by atoms with Crippen molar-refractivity contribution in [3.05, 3.63) is 53.6 Å². The molecule has 0 fully saturated rings. The highest BCUT2D eigenvalue weighted by atomic mass is 16.5. The minimum atomic E-state index is -0.508. The monoisotopic (exact) mass is 282 g/mol. The lowest BCUT2D eigenvalue weighted by molar-refractivity contribution is 0.317. The molecule has 0 spiro atoms. The molecule has 0 aliphatic heterocycles. The number of ether oxygens (including phenoxy) is 1. The van der Waals surface area contributed by atoms with Crippen LogP contribution in [-0.4, -0.2) is 11.7 Å². The lowest BCUT2D eigenvalue weighted by atomic mass is 10.1. The maximum absolute atomic E-state index is 9.72. The first kappa shape index (κ1) is 14.7. The molecule has 0 amide bonds. The number of phenolic OH excluding ortho intramolecular Hbond substituents is 1. The van der Waals surface area contributed by atoms with Crippen LogP contribution in [0.3, 0.4) is 0 Å². The van der Waals surface area contributed by atoms with E-state index in [1.165, 1.54) is 0 Å². The minimum Gasteiger partial charge on any atom is -0.504 e. The quantitative estimate of drug-likeness (QED) is 0.876. The summed E-state index contributed by atoms with van der Waals surface area (Å²) in [5.74, 6) is 0.467. The van der Waals surface area contributed by atoms with Crippen molar-refractivity contribution in [3.63, 3.8) is 0 Å². The molecule has 2 aromatic rings. The highest BCUT2D eigenvalue weighted by Gasteiger charge is 2.13. The third kappa shape index (κ3) is 3.67. The SMILES string of the molecule is CCOc1cc(C(C#N)Nc2cccc(C)c2)ccc1O. The molecule has 1 atom stereocenters. The Balaban J connectivity index is 2.25. The average Bonchev–Trinajstić information content (AvgIpc) is 2.47. The van der Waals surface area contributed by atoms with Crippen molar-refractivity contribution in [2.24, 2.45) is 0 Å². The molecular formula is C17H18N2O2. The van der Waals surface area contributed by atoms with E-state index in [4.69, 9.17) is 4.74 Å². The van der Waals surface area contributed by atoms with Crippen LogP contribution in [0.4, 0.5) is 5.69 Å². The van der Waals surface area contributed by atoms with Gasteiger partial charge in [0.15, 0.2) is 11.5 Å². The summed E-state index contributed by atoms with van der Waals surface area (Å²) < 4.78 is 5.35. The van der Waals surface area contributed by atoms with E-state index < -0.39 is 6.04 Å². The number of anilines is 1. The molecule has 0 aliphatic rings. The van der Waals surface area contributed by atoms with Gasteiger partial charge >= 0.3 is 0 Å². The highest BCUT2D eigenvalue weighted by molar-refractivity contribution is 5.51. The zero-order chi connectivity index (χ0) is 15.2. The van der Waals surface area contributed by atoms with E-state index in [1.54, 1.807) is 18.2 Å². The van der Waals surface area contributed by atoms with E-state index in [9.17, 15) is 10.4 Å². The van der Waals surface area contributed by atoms with Crippen LogP contribution in [0.25, 0.3) is 0 Å². The summed E-state index contributed by atoms with van der Waals surface area (Å²) in [6.45, 7) is 4.30. The van der Waals surface area contributed by atoms with Crippen LogP contribution < -0.4 is 10.1 Å². The van der Waals surface area contributed by atoms with Gasteiger partial charge in [0.1, 0.15) is 6.04 Å². The van der Waals surface area contributed by atoms with Gasteiger partial charge in [-0.05, 0) is 49.2 Å². The molecule has 0 saturated carbocycles. The van der Waals surface area contributed by atoms with Gasteiger partial charge in [0, 0.05) is 5.69 Å². The molecule has 0 saturated heterocycles. The lowest BCUT2D eigenvalue weighted by Gasteiger charge is -2.15. The zero-order valence-corrected chi connectivity index (χ0v) is 12.1. The fourth-order valence-electron chi connectivity index (χ4n) is 2.07. The molecule has 0 heterocycles. The fourth-order valence-corrected chi connectivity index (χ4v) is 2.07. The van der Waals surface area contributed by atoms with Crippen molar-refractivity contribution in [3.8, 4) is 17.6 Å². The van der Waals surface area contributed by atoms with Crippen LogP contribution in [0.15, 0.2) is 42.5 Å². The third-order valence-electron chi connectivity index (χ3n) is 3.08. The summed E-state index contributed by atoms with van der Waals surface area (Å²) in [7, 11) is 0. The van der Waals surface area contributed by atoms with Crippen molar-refractivity contribution in [1.82, 2.24) is 0 Å². The first-order valence-electron chi connectivity index (χ1n) is 6.82. The lowest BCUT2D eigenvalue weighted by Crippen LogP contribution is -2.09. The van der Waals surface area contributed by atoms with E-state index in [0.29, 0.717) is 12.4 Å². The van der Waals surface area contributed by atoms with Crippen LogP contribution in [0.2, 0.25) is 0 Å². The second-order valence-corrected chi connectivity index (χ2v) is 4.74. The number of benzene rings is 2. The number of aryl methyl sites for hydroxylation is 1. The second kappa shape index (κ2) is 6.67. The maximum Gasteiger partial charge on any atom is 0.161 e. The number of hydrogen-bond acceptors (Lipinski definition) is 4. The van der Waals surface area contributed by atoms with Gasteiger partial charge in [-0.2, -0.15) is 5.26 Å². The molecule has 4 nitrogen and oxygen atoms in total. The highest BCUT2D eigenvalue weighted by Crippen LogP contribution is 2.30. The first-order chi connectivity index (χ1) is 10.1. The molecule has 0 radical (unpaired) electrons. The summed E-state index contributed by atoms with van der Waals surface area (Å²) in [6.07, 6.45) is 0. The van der Waals surface area contributed by atoms with Crippen LogP contribution in [0.5, 0.6) is 11.5 Å². The van der Waals surface area contributed by atoms with Crippen LogP contribution in [0.1, 0.15) is 24.1 Å². The number of nitrogens with zero attached hydrogens (tertiary/aromatic N) is 1. The van der Waals surface area contributed by atoms with Crippen molar-refractivity contribution in [1.29, 1.82) is 5.26 Å². The normalized spacial score (nSPS) is 11.5. The first-order valence-corrected chi connectivity index (χ1v) is 6.82. The number of nitrogens with one attached hydrogen (secondary N) is 1. The number of hydrogen-bond donors (Lipinski definition) is 2. The predicted molar refractivity (Wildman–Crippen MR) is 82.4 cm³/mol. The van der Waals surface area contributed by atoms with E-state index >= 15 is 0 Å². The topological polar surface area (TPSA) is 65.3 Å². The van der Waals surface area contributed by atoms with E-state index in [1.807, 2.05) is 38.1 Å². The standard InChI is InChI=1S/C17H18N2O2/c1-3-21-17-10-13(7-8-16(17)20)15(11-18)19-14-6-4-5-12(2)9-14/h4-10,15,19-20H,3H2,1-2H3. The molecule has 0 aliphatic carbocycles. The van der Waals surface area contributed by atoms with Crippen LogP contribution in [-0.2, 0) is 0 Å². The van der Waals surface area contributed by atoms with Crippen molar-refractivity contribution in [2.45, 2.75) is 19.9 Å². The third-order valence-corrected chi connectivity index (χ3v) is 3.08. The number of aromatic hydroxyl groups is 1. The van der Waals surface area contributed by atoms with Gasteiger partial charge in [0.05, 0.1) is 12.7 Å². The number of nitriles is 1. The molecule has 108 valence electrons. The van der Waals surface area contributed by atoms with Crippen molar-refractivity contribution in [2.75, 3.05) is 11.9 Å². The zero-order valence-electron chi connectivity index (χ0n) is 12.1. The van der Waals surface area contributed by atoms with Crippen molar-refractivity contribution < 1.29 is 9.84 Å². The van der Waals surface area contributed by atoms with Gasteiger partial charge in [0.2, 0.25) is 0 Å². The molecule has 0 aromatic heterocycles. The van der Waals surface area contributed by atoms with E-state index in [0.717, 1.165) is 16.8 Å². The summed E-state index contributed by atoms with van der Waals surface area (Å²) in [5, 5.41) is 22.3. The molecule has 2 N–H and O–H groups in total. The van der Waals surface area contributed by atoms with Gasteiger partial charge in [-0.15, -0.1) is 0 Å². The second-order valence-electron chi connectivity index (χ2n) is 4.74. The number of phenols is 1. The van der Waals surface area contributed by atoms with E-state index in [2.05, 4.69) is 11.4 Å². The Morgan fingerprint density at radius 3 is 2.76 bits per heavy atom. The van der Waals surface area contributed by atoms with Gasteiger partial charge in [-0.25, -0.2) is 0 Å². The Morgan fingerprint density at radius 2 is 2.10 bits per heavy atom. The van der Waals surface area contributed by atoms with Gasteiger partial charge in [-0.3, -0.25) is 0 Å². The maximum atomic E-state index is 9.72. The summed E-state index contributed by atoms with van der Waals surface area (Å²) in [5.41, 5.74) is 2.75. The summed E-state index contributed by atoms with van der Waals surface area (Å²) in [4.78, 5) is 0. The molecular weight excluding hydrogens is 264 g/mol. The Morgan fingerprint density at radius 1 is 1.29 bits per heavy atom. The molecule has 21 heavy (non-hydrogen) atoms. The minimum absolute atomic E-state index is 0.0767. The molecule has 1 unspecified atom stereocenters. The Kier molecular flexibility index (Phi) is 4.68. The summed E-state index contributed by atoms with van der Waals surface area (Å²) >= 11 is 0. The molecule has 2 rings (SSSR count). The Hall–Kier alpha value is -2.67. The van der Waals surface area contributed by atoms with Crippen LogP contribution >= 0.6 is 0 Å². The van der Waals surface area contributed by atoms with Crippen LogP contribution in [0, 0.1) is 18.3 Å². The fraction of sp³-hybridized carbons (Fsp3) is 0.235. The Labute approximate surface area is 124 Å². The van der Waals surface area contributed by atoms with Gasteiger partial charge in [-0.1, -0.05) is 18.2 Å². The van der Waals surface area contributed by atoms with Gasteiger partial charge < -0.3 is 15.2 Å².